The molecule has 0 aliphatic heterocycles. The van der Waals surface area contributed by atoms with Crippen molar-refractivity contribution in [3.63, 3.8) is 0 Å². The van der Waals surface area contributed by atoms with Gasteiger partial charge in [-0.2, -0.15) is 4.39 Å². The molecule has 0 radical (unpaired) electrons. The molecule has 4 aromatic rings. The van der Waals surface area contributed by atoms with E-state index in [1.807, 2.05) is 0 Å². The lowest BCUT2D eigenvalue weighted by molar-refractivity contribution is -0.118. The maximum absolute atomic E-state index is 15.0. The molecular formula is C27H21F3N4O5. The molecular weight excluding hydrogens is 517 g/mol. The number of nitrogens with zero attached hydrogens (tertiary/aromatic N) is 1. The maximum atomic E-state index is 15.0. The molecule has 1 aromatic heterocycles. The summed E-state index contributed by atoms with van der Waals surface area (Å²) in [6, 6.07) is 11.5. The summed E-state index contributed by atoms with van der Waals surface area (Å²) in [4.78, 5) is 29.3. The number of anilines is 2. The highest BCUT2D eigenvalue weighted by Gasteiger charge is 2.23. The molecule has 0 spiro atoms. The molecule has 0 unspecified atom stereocenters. The Morgan fingerprint density at radius 1 is 0.821 bits per heavy atom. The smallest absolute Gasteiger partial charge is 0.262 e. The Hall–Kier alpha value is -5.26. The van der Waals surface area contributed by atoms with Crippen LogP contribution in [0.2, 0.25) is 0 Å². The van der Waals surface area contributed by atoms with Gasteiger partial charge in [0.25, 0.3) is 11.8 Å². The summed E-state index contributed by atoms with van der Waals surface area (Å²) in [7, 11) is 2.91. The number of rotatable bonds is 8. The Morgan fingerprint density at radius 2 is 1.49 bits per heavy atom. The van der Waals surface area contributed by atoms with Gasteiger partial charge in [0.1, 0.15) is 17.1 Å². The summed E-state index contributed by atoms with van der Waals surface area (Å²) >= 11 is 0. The molecule has 2 amide bonds. The Labute approximate surface area is 220 Å². The van der Waals surface area contributed by atoms with Crippen molar-refractivity contribution in [3.05, 3.63) is 90.0 Å². The number of methoxy groups -OCH3 is 2. The van der Waals surface area contributed by atoms with Gasteiger partial charge in [-0.15, -0.1) is 0 Å². The Morgan fingerprint density at radius 3 is 2.15 bits per heavy atom. The number of hydrogen-bond acceptors (Lipinski definition) is 7. The van der Waals surface area contributed by atoms with Crippen LogP contribution in [0.3, 0.4) is 0 Å². The monoisotopic (exact) mass is 538 g/mol. The van der Waals surface area contributed by atoms with Crippen LogP contribution in [0.15, 0.2) is 72.6 Å². The molecule has 1 heterocycles. The lowest BCUT2D eigenvalue weighted by atomic mass is 10.1. The van der Waals surface area contributed by atoms with Crippen LogP contribution in [-0.4, -0.2) is 31.0 Å². The minimum atomic E-state index is -1.44. The molecule has 0 saturated carbocycles. The molecule has 3 aromatic carbocycles. The fraction of sp³-hybridized carbons (Fsp3) is 0.0741. The highest BCUT2D eigenvalue weighted by Crippen LogP contribution is 2.38. The summed E-state index contributed by atoms with van der Waals surface area (Å²) in [5, 5.41) is 4.90. The van der Waals surface area contributed by atoms with Gasteiger partial charge < -0.3 is 30.6 Å². The van der Waals surface area contributed by atoms with Gasteiger partial charge in [0.2, 0.25) is 5.82 Å². The van der Waals surface area contributed by atoms with Crippen LogP contribution in [0.5, 0.6) is 23.0 Å². The number of benzene rings is 3. The van der Waals surface area contributed by atoms with Crippen LogP contribution >= 0.6 is 0 Å². The number of carbonyl (C=O) groups is 2. The van der Waals surface area contributed by atoms with Crippen LogP contribution in [0, 0.1) is 17.5 Å². The van der Waals surface area contributed by atoms with Crippen molar-refractivity contribution in [3.8, 4) is 23.0 Å². The zero-order chi connectivity index (χ0) is 28.1. The fourth-order valence-corrected chi connectivity index (χ4v) is 3.54. The predicted molar refractivity (Wildman–Crippen MR) is 137 cm³/mol. The van der Waals surface area contributed by atoms with Crippen molar-refractivity contribution < 1.29 is 37.0 Å². The summed E-state index contributed by atoms with van der Waals surface area (Å²) in [6.07, 6.45) is 2.13. The fourth-order valence-electron chi connectivity index (χ4n) is 3.54. The molecule has 4 N–H and O–H groups in total. The van der Waals surface area contributed by atoms with Crippen molar-refractivity contribution in [2.75, 3.05) is 24.9 Å². The lowest BCUT2D eigenvalue weighted by Crippen LogP contribution is -2.26. The first kappa shape index (κ1) is 26.8. The van der Waals surface area contributed by atoms with E-state index in [4.69, 9.17) is 19.9 Å². The van der Waals surface area contributed by atoms with Gasteiger partial charge in [0.15, 0.2) is 23.1 Å². The Kier molecular flexibility index (Phi) is 7.85. The molecule has 9 nitrogen and oxygen atoms in total. The van der Waals surface area contributed by atoms with Crippen molar-refractivity contribution in [1.29, 1.82) is 0 Å². The van der Waals surface area contributed by atoms with Gasteiger partial charge in [-0.3, -0.25) is 14.6 Å². The van der Waals surface area contributed by atoms with E-state index >= 15 is 0 Å². The third kappa shape index (κ3) is 5.69. The van der Waals surface area contributed by atoms with Crippen molar-refractivity contribution >= 4 is 34.1 Å². The number of ether oxygens (including phenoxy) is 3. The number of nitrogens with one attached hydrogen (secondary N) is 2. The minimum absolute atomic E-state index is 0.154. The van der Waals surface area contributed by atoms with E-state index in [0.29, 0.717) is 28.6 Å². The van der Waals surface area contributed by atoms with Gasteiger partial charge in [-0.25, -0.2) is 8.78 Å². The molecule has 39 heavy (non-hydrogen) atoms. The average Bonchev–Trinajstić information content (AvgIpc) is 2.93. The summed E-state index contributed by atoms with van der Waals surface area (Å²) in [6.45, 7) is 0. The summed E-state index contributed by atoms with van der Waals surface area (Å²) < 4.78 is 59.1. The van der Waals surface area contributed by atoms with Crippen LogP contribution in [-0.2, 0) is 9.59 Å². The summed E-state index contributed by atoms with van der Waals surface area (Å²) in [5.74, 6) is -4.94. The quantitative estimate of drug-likeness (QED) is 0.166. The van der Waals surface area contributed by atoms with E-state index in [9.17, 15) is 22.8 Å². The molecule has 0 bridgehead atoms. The number of fused-ring (bicyclic) bond motifs is 1. The van der Waals surface area contributed by atoms with E-state index in [1.165, 1.54) is 38.6 Å². The molecule has 0 saturated heterocycles. The number of halogens is 3. The average molecular weight is 538 g/mol. The first-order valence-corrected chi connectivity index (χ1v) is 11.2. The minimum Gasteiger partial charge on any atom is -0.493 e. The standard InChI is InChI=1S/C27H21F3N4O5/c1-37-22-11-16-19(12-23(22)38-2)32-10-9-20(16)39-21-8-7-18(24(29)25(21)30)34-27(36)17(13-31)26(35)33-15-5-3-14(28)4-6-15/h3-13H,31H2,1-2H3,(H,33,35)(H,34,36)/b17-13+. The molecule has 4 rings (SSSR count). The number of aromatic nitrogens is 1. The highest BCUT2D eigenvalue weighted by molar-refractivity contribution is 6.26. The number of amides is 2. The molecule has 0 atom stereocenters. The molecule has 0 aliphatic rings. The number of nitrogens with two attached hydrogens (primary N) is 1. The zero-order valence-corrected chi connectivity index (χ0v) is 20.6. The van der Waals surface area contributed by atoms with Crippen molar-refractivity contribution in [2.24, 2.45) is 5.73 Å². The van der Waals surface area contributed by atoms with Crippen LogP contribution in [0.1, 0.15) is 0 Å². The number of hydrogen-bond donors (Lipinski definition) is 3. The largest absolute Gasteiger partial charge is 0.493 e. The predicted octanol–water partition coefficient (Wildman–Crippen LogP) is 4.88. The first-order chi connectivity index (χ1) is 18.7. The SMILES string of the molecule is COc1cc2nccc(Oc3ccc(NC(=O)/C(=C/N)C(=O)Nc4ccc(F)cc4)c(F)c3F)c2cc1OC. The third-order valence-corrected chi connectivity index (χ3v) is 5.48. The third-order valence-electron chi connectivity index (χ3n) is 5.48. The maximum Gasteiger partial charge on any atom is 0.262 e. The molecule has 0 aliphatic carbocycles. The topological polar surface area (TPSA) is 125 Å². The zero-order valence-electron chi connectivity index (χ0n) is 20.6. The normalized spacial score (nSPS) is 11.2. The van der Waals surface area contributed by atoms with Gasteiger partial charge >= 0.3 is 0 Å². The van der Waals surface area contributed by atoms with E-state index in [-0.39, 0.29) is 11.4 Å². The lowest BCUT2D eigenvalue weighted by Gasteiger charge is -2.14. The Bertz CT molecular complexity index is 1590. The van der Waals surface area contributed by atoms with Crippen molar-refractivity contribution in [1.82, 2.24) is 4.98 Å². The van der Waals surface area contributed by atoms with E-state index in [0.717, 1.165) is 24.3 Å². The van der Waals surface area contributed by atoms with Gasteiger partial charge in [0, 0.05) is 29.5 Å². The van der Waals surface area contributed by atoms with E-state index < -0.39 is 46.3 Å². The molecule has 12 heteroatoms. The van der Waals surface area contributed by atoms with Gasteiger partial charge in [-0.1, -0.05) is 0 Å². The van der Waals surface area contributed by atoms with E-state index in [1.54, 1.807) is 12.1 Å². The molecule has 200 valence electrons. The number of carbonyl (C=O) groups excluding carboxylic acids is 2. The number of pyridine rings is 1. The van der Waals surface area contributed by atoms with Crippen LogP contribution in [0.4, 0.5) is 24.5 Å². The second kappa shape index (κ2) is 11.4. The molecule has 0 fully saturated rings. The van der Waals surface area contributed by atoms with Gasteiger partial charge in [-0.05, 0) is 48.5 Å². The highest BCUT2D eigenvalue weighted by atomic mass is 19.2. The first-order valence-electron chi connectivity index (χ1n) is 11.2. The second-order valence-corrected chi connectivity index (χ2v) is 7.87. The van der Waals surface area contributed by atoms with Crippen molar-refractivity contribution in [2.45, 2.75) is 0 Å². The van der Waals surface area contributed by atoms with E-state index in [2.05, 4.69) is 15.6 Å². The van der Waals surface area contributed by atoms with Gasteiger partial charge in [0.05, 0.1) is 25.4 Å². The van der Waals surface area contributed by atoms with Crippen LogP contribution < -0.4 is 30.6 Å². The second-order valence-electron chi connectivity index (χ2n) is 7.87. The summed E-state index contributed by atoms with van der Waals surface area (Å²) in [5.41, 5.74) is 4.90. The van der Waals surface area contributed by atoms with Crippen LogP contribution in [0.25, 0.3) is 10.9 Å². The Balaban J connectivity index is 1.54.